The third kappa shape index (κ3) is 2.47. The Kier molecular flexibility index (Phi) is 3.54. The van der Waals surface area contributed by atoms with Crippen LogP contribution in [0.4, 0.5) is 4.39 Å². The lowest BCUT2D eigenvalue weighted by atomic mass is 10.1. The first kappa shape index (κ1) is 11.2. The molecule has 1 N–H and O–H groups in total. The van der Waals surface area contributed by atoms with E-state index < -0.39 is 0 Å². The molecular formula is C11H13ClFNS. The van der Waals surface area contributed by atoms with Gasteiger partial charge in [-0.15, -0.1) is 11.8 Å². The van der Waals surface area contributed by atoms with Crippen LogP contribution in [0.2, 0.25) is 5.02 Å². The quantitative estimate of drug-likeness (QED) is 0.812. The largest absolute Gasteiger partial charge is 0.299 e. The summed E-state index contributed by atoms with van der Waals surface area (Å²) in [6.45, 7) is 2.12. The summed E-state index contributed by atoms with van der Waals surface area (Å²) in [6.07, 6.45) is 1.13. The second-order valence-electron chi connectivity index (χ2n) is 3.75. The smallest absolute Gasteiger partial charge is 0.147 e. The number of benzene rings is 1. The molecule has 1 nitrogen and oxygen atoms in total. The average Bonchev–Trinajstić information content (AvgIpc) is 2.22. The Bertz CT molecular complexity index is 358. The average molecular weight is 246 g/mol. The molecule has 0 aromatic heterocycles. The highest BCUT2D eigenvalue weighted by Crippen LogP contribution is 2.34. The van der Waals surface area contributed by atoms with Gasteiger partial charge in [-0.3, -0.25) is 5.32 Å². The molecule has 2 atom stereocenters. The molecule has 1 aliphatic rings. The van der Waals surface area contributed by atoms with E-state index in [4.69, 9.17) is 11.6 Å². The first-order chi connectivity index (χ1) is 7.18. The molecule has 1 heterocycles. The Labute approximate surface area is 98.4 Å². The van der Waals surface area contributed by atoms with Crippen LogP contribution in [0.3, 0.4) is 0 Å². The minimum atomic E-state index is -0.293. The van der Waals surface area contributed by atoms with Crippen molar-refractivity contribution in [1.82, 2.24) is 5.32 Å². The summed E-state index contributed by atoms with van der Waals surface area (Å²) >= 11 is 7.49. The lowest BCUT2D eigenvalue weighted by molar-refractivity contribution is 0.496. The van der Waals surface area contributed by atoms with Crippen molar-refractivity contribution >= 4 is 23.4 Å². The van der Waals surface area contributed by atoms with E-state index >= 15 is 0 Å². The van der Waals surface area contributed by atoms with E-state index in [1.807, 2.05) is 0 Å². The van der Waals surface area contributed by atoms with Crippen molar-refractivity contribution in [2.24, 2.45) is 0 Å². The van der Waals surface area contributed by atoms with Gasteiger partial charge >= 0.3 is 0 Å². The molecule has 0 amide bonds. The summed E-state index contributed by atoms with van der Waals surface area (Å²) in [5.74, 6) is 0.767. The van der Waals surface area contributed by atoms with E-state index in [9.17, 15) is 4.39 Å². The molecule has 1 saturated heterocycles. The number of halogens is 2. The Morgan fingerprint density at radius 1 is 1.53 bits per heavy atom. The summed E-state index contributed by atoms with van der Waals surface area (Å²) in [5, 5.41) is 3.60. The highest BCUT2D eigenvalue weighted by Gasteiger charge is 2.23. The van der Waals surface area contributed by atoms with Crippen LogP contribution in [0.25, 0.3) is 0 Å². The Balaban J connectivity index is 2.24. The standard InChI is InChI=1S/C11H13ClFNS/c1-7-5-6-15-11(14-7)8-3-2-4-9(12)10(8)13/h2-4,7,11,14H,5-6H2,1H3. The molecule has 0 bridgehead atoms. The van der Waals surface area contributed by atoms with Crippen LogP contribution in [0.5, 0.6) is 0 Å². The maximum absolute atomic E-state index is 13.7. The number of nitrogens with one attached hydrogen (secondary N) is 1. The van der Waals surface area contributed by atoms with Crippen LogP contribution < -0.4 is 5.32 Å². The van der Waals surface area contributed by atoms with Gasteiger partial charge in [-0.1, -0.05) is 23.7 Å². The van der Waals surface area contributed by atoms with E-state index in [0.717, 1.165) is 12.2 Å². The Hall–Kier alpha value is -0.250. The van der Waals surface area contributed by atoms with Crippen molar-refractivity contribution in [3.63, 3.8) is 0 Å². The second kappa shape index (κ2) is 4.73. The van der Waals surface area contributed by atoms with Crippen molar-refractivity contribution in [2.45, 2.75) is 24.8 Å². The molecule has 2 rings (SSSR count). The molecule has 0 saturated carbocycles. The van der Waals surface area contributed by atoms with Gasteiger partial charge in [0, 0.05) is 11.6 Å². The van der Waals surface area contributed by atoms with Crippen LogP contribution in [-0.4, -0.2) is 11.8 Å². The lowest BCUT2D eigenvalue weighted by Gasteiger charge is -2.28. The van der Waals surface area contributed by atoms with Crippen molar-refractivity contribution in [3.05, 3.63) is 34.6 Å². The number of thioether (sulfide) groups is 1. The van der Waals surface area contributed by atoms with E-state index in [0.29, 0.717) is 11.6 Å². The Morgan fingerprint density at radius 3 is 3.07 bits per heavy atom. The minimum absolute atomic E-state index is 0.0347. The minimum Gasteiger partial charge on any atom is -0.299 e. The van der Waals surface area contributed by atoms with E-state index in [1.54, 1.807) is 30.0 Å². The monoisotopic (exact) mass is 245 g/mol. The molecule has 1 aromatic rings. The van der Waals surface area contributed by atoms with Gasteiger partial charge in [0.2, 0.25) is 0 Å². The van der Waals surface area contributed by atoms with E-state index in [1.165, 1.54) is 0 Å². The molecule has 0 aliphatic carbocycles. The summed E-state index contributed by atoms with van der Waals surface area (Å²) < 4.78 is 13.7. The van der Waals surface area contributed by atoms with Gasteiger partial charge in [0.05, 0.1) is 10.4 Å². The van der Waals surface area contributed by atoms with Gasteiger partial charge in [0.1, 0.15) is 5.82 Å². The summed E-state index contributed by atoms with van der Waals surface area (Å²) in [6, 6.07) is 5.61. The van der Waals surface area contributed by atoms with Crippen LogP contribution in [0, 0.1) is 5.82 Å². The normalized spacial score (nSPS) is 26.6. The van der Waals surface area contributed by atoms with Gasteiger partial charge in [0.15, 0.2) is 0 Å². The van der Waals surface area contributed by atoms with E-state index in [2.05, 4.69) is 12.2 Å². The second-order valence-corrected chi connectivity index (χ2v) is 5.37. The summed E-state index contributed by atoms with van der Waals surface area (Å²) in [4.78, 5) is 0. The maximum atomic E-state index is 13.7. The molecule has 15 heavy (non-hydrogen) atoms. The van der Waals surface area contributed by atoms with Gasteiger partial charge in [-0.2, -0.15) is 0 Å². The zero-order valence-corrected chi connectivity index (χ0v) is 10.0. The lowest BCUT2D eigenvalue weighted by Crippen LogP contribution is -2.34. The van der Waals surface area contributed by atoms with Crippen LogP contribution in [0.15, 0.2) is 18.2 Å². The van der Waals surface area contributed by atoms with Crippen LogP contribution in [0.1, 0.15) is 24.3 Å². The van der Waals surface area contributed by atoms with Crippen molar-refractivity contribution < 1.29 is 4.39 Å². The number of hydrogen-bond acceptors (Lipinski definition) is 2. The van der Waals surface area contributed by atoms with Crippen molar-refractivity contribution in [2.75, 3.05) is 5.75 Å². The molecule has 1 aliphatic heterocycles. The fourth-order valence-electron chi connectivity index (χ4n) is 1.66. The number of hydrogen-bond donors (Lipinski definition) is 1. The van der Waals surface area contributed by atoms with Gasteiger partial charge in [0.25, 0.3) is 0 Å². The SMILES string of the molecule is CC1CCSC(c2cccc(Cl)c2F)N1. The first-order valence-electron chi connectivity index (χ1n) is 5.00. The topological polar surface area (TPSA) is 12.0 Å². The Morgan fingerprint density at radius 2 is 2.33 bits per heavy atom. The number of rotatable bonds is 1. The highest BCUT2D eigenvalue weighted by atomic mass is 35.5. The highest BCUT2D eigenvalue weighted by molar-refractivity contribution is 7.99. The zero-order valence-electron chi connectivity index (χ0n) is 8.47. The zero-order chi connectivity index (χ0) is 10.8. The first-order valence-corrected chi connectivity index (χ1v) is 6.42. The van der Waals surface area contributed by atoms with Gasteiger partial charge in [-0.25, -0.2) is 4.39 Å². The maximum Gasteiger partial charge on any atom is 0.147 e. The van der Waals surface area contributed by atoms with Crippen molar-refractivity contribution in [3.8, 4) is 0 Å². The van der Waals surface area contributed by atoms with Gasteiger partial charge in [-0.05, 0) is 25.2 Å². The molecule has 0 radical (unpaired) electrons. The molecule has 1 aromatic carbocycles. The van der Waals surface area contributed by atoms with E-state index in [-0.39, 0.29) is 16.2 Å². The summed E-state index contributed by atoms with van der Waals surface area (Å²) in [7, 11) is 0. The van der Waals surface area contributed by atoms with Crippen LogP contribution in [-0.2, 0) is 0 Å². The molecular weight excluding hydrogens is 233 g/mol. The molecule has 0 spiro atoms. The van der Waals surface area contributed by atoms with Crippen molar-refractivity contribution in [1.29, 1.82) is 0 Å². The molecule has 4 heteroatoms. The third-order valence-corrected chi connectivity index (χ3v) is 4.02. The molecule has 1 fully saturated rings. The van der Waals surface area contributed by atoms with Crippen LogP contribution >= 0.6 is 23.4 Å². The molecule has 2 unspecified atom stereocenters. The summed E-state index contributed by atoms with van der Waals surface area (Å²) in [5.41, 5.74) is 0.666. The fourth-order valence-corrected chi connectivity index (χ4v) is 3.25. The predicted octanol–water partition coefficient (Wildman–Crippen LogP) is 3.59. The van der Waals surface area contributed by atoms with Gasteiger partial charge < -0.3 is 0 Å². The predicted molar refractivity (Wildman–Crippen MR) is 63.8 cm³/mol. The fraction of sp³-hybridized carbons (Fsp3) is 0.455. The molecule has 82 valence electrons. The third-order valence-electron chi connectivity index (χ3n) is 2.54.